The first-order chi connectivity index (χ1) is 11.6. The Morgan fingerprint density at radius 1 is 1.08 bits per heavy atom. The number of anilines is 1. The molecule has 0 unspecified atom stereocenters. The zero-order valence-electron chi connectivity index (χ0n) is 13.8. The lowest BCUT2D eigenvalue weighted by Gasteiger charge is -2.56. The van der Waals surface area contributed by atoms with Crippen LogP contribution in [0.2, 0.25) is 0 Å². The van der Waals surface area contributed by atoms with E-state index in [2.05, 4.69) is 21.8 Å². The highest BCUT2D eigenvalue weighted by molar-refractivity contribution is 5.92. The Bertz CT molecular complexity index is 774. The maximum absolute atomic E-state index is 11.4. The first-order valence-corrected chi connectivity index (χ1v) is 9.04. The lowest BCUT2D eigenvalue weighted by Crippen LogP contribution is -2.48. The summed E-state index contributed by atoms with van der Waals surface area (Å²) in [6.07, 6.45) is 8.44. The molecule has 1 heterocycles. The van der Waals surface area contributed by atoms with Gasteiger partial charge >= 0.3 is 6.03 Å². The summed E-state index contributed by atoms with van der Waals surface area (Å²) < 4.78 is 0. The number of aromatic nitrogens is 1. The topological polar surface area (TPSA) is 82.9 Å². The van der Waals surface area contributed by atoms with Crippen molar-refractivity contribution >= 4 is 22.6 Å². The van der Waals surface area contributed by atoms with Crippen LogP contribution in [0, 0.1) is 17.8 Å². The Kier molecular flexibility index (Phi) is 2.98. The van der Waals surface area contributed by atoms with Gasteiger partial charge in [0.2, 0.25) is 0 Å². The first kappa shape index (κ1) is 14.3. The largest absolute Gasteiger partial charge is 0.358 e. The van der Waals surface area contributed by atoms with E-state index in [1.807, 2.05) is 18.2 Å². The molecule has 4 bridgehead atoms. The summed E-state index contributed by atoms with van der Waals surface area (Å²) in [6.45, 7) is 0. The summed E-state index contributed by atoms with van der Waals surface area (Å²) in [7, 11) is 0. The van der Waals surface area contributed by atoms with Crippen molar-refractivity contribution in [2.75, 3.05) is 5.32 Å². The van der Waals surface area contributed by atoms with E-state index >= 15 is 0 Å². The van der Waals surface area contributed by atoms with Crippen LogP contribution in [0.3, 0.4) is 0 Å². The lowest BCUT2D eigenvalue weighted by molar-refractivity contribution is -0.00686. The zero-order chi connectivity index (χ0) is 16.3. The van der Waals surface area contributed by atoms with Gasteiger partial charge in [0.25, 0.3) is 0 Å². The number of rotatable bonds is 2. The molecule has 4 aliphatic rings. The average molecular weight is 324 g/mol. The third-order valence-corrected chi connectivity index (χ3v) is 6.62. The maximum Gasteiger partial charge on any atom is 0.333 e. The minimum Gasteiger partial charge on any atom is -0.358 e. The van der Waals surface area contributed by atoms with Crippen LogP contribution in [0.5, 0.6) is 0 Å². The monoisotopic (exact) mass is 324 g/mol. The minimum absolute atomic E-state index is 0.371. The van der Waals surface area contributed by atoms with Crippen LogP contribution in [0.1, 0.15) is 44.2 Å². The number of nitrogens with two attached hydrogens (primary N) is 1. The van der Waals surface area contributed by atoms with E-state index in [0.717, 1.165) is 34.3 Å². The number of carbonyl (C=O) groups excluding carboxylic acids is 1. The third kappa shape index (κ3) is 2.14. The van der Waals surface area contributed by atoms with Crippen LogP contribution >= 0.6 is 0 Å². The van der Waals surface area contributed by atoms with Crippen LogP contribution in [0.25, 0.3) is 10.9 Å². The summed E-state index contributed by atoms with van der Waals surface area (Å²) in [6, 6.07) is 7.90. The van der Waals surface area contributed by atoms with Crippen LogP contribution in [0.4, 0.5) is 10.5 Å². The molecule has 0 saturated heterocycles. The number of fused-ring (bicyclic) bond motifs is 1. The predicted octanol–water partition coefficient (Wildman–Crippen LogP) is 3.63. The van der Waals surface area contributed by atoms with Gasteiger partial charge in [0.15, 0.2) is 0 Å². The highest BCUT2D eigenvalue weighted by Gasteiger charge is 2.52. The number of benzene rings is 1. The number of hydrogen-bond donors (Lipinski definition) is 4. The number of aromatic amines is 1. The number of hydrogen-bond acceptors (Lipinski definition) is 2. The summed E-state index contributed by atoms with van der Waals surface area (Å²) >= 11 is 0. The molecule has 126 valence electrons. The van der Waals surface area contributed by atoms with Crippen molar-refractivity contribution < 1.29 is 4.79 Å². The van der Waals surface area contributed by atoms with Gasteiger partial charge in [-0.1, -0.05) is 0 Å². The van der Waals surface area contributed by atoms with E-state index in [0.29, 0.717) is 5.41 Å². The molecule has 4 fully saturated rings. The van der Waals surface area contributed by atoms with Gasteiger partial charge in [-0.25, -0.2) is 10.6 Å². The van der Waals surface area contributed by atoms with Crippen LogP contribution in [-0.4, -0.2) is 11.0 Å². The van der Waals surface area contributed by atoms with E-state index in [-0.39, 0.29) is 0 Å². The van der Waals surface area contributed by atoms with Crippen molar-refractivity contribution in [2.45, 2.75) is 43.9 Å². The van der Waals surface area contributed by atoms with Gasteiger partial charge in [-0.3, -0.25) is 5.43 Å². The van der Waals surface area contributed by atoms with Gasteiger partial charge in [-0.05, 0) is 80.5 Å². The molecule has 5 heteroatoms. The van der Waals surface area contributed by atoms with Crippen molar-refractivity contribution in [1.29, 1.82) is 0 Å². The fourth-order valence-corrected chi connectivity index (χ4v) is 6.10. The van der Waals surface area contributed by atoms with Gasteiger partial charge in [-0.15, -0.1) is 0 Å². The third-order valence-electron chi connectivity index (χ3n) is 6.62. The number of H-pyrrole nitrogens is 1. The quantitative estimate of drug-likeness (QED) is 0.386. The molecule has 1 aromatic carbocycles. The molecular weight excluding hydrogens is 300 g/mol. The Morgan fingerprint density at radius 3 is 2.38 bits per heavy atom. The number of urea groups is 1. The smallest absolute Gasteiger partial charge is 0.333 e. The second kappa shape index (κ2) is 4.99. The molecule has 2 amide bonds. The summed E-state index contributed by atoms with van der Waals surface area (Å²) in [4.78, 5) is 15.1. The van der Waals surface area contributed by atoms with E-state index in [4.69, 9.17) is 5.84 Å². The summed E-state index contributed by atoms with van der Waals surface area (Å²) in [5, 5.41) is 3.90. The standard InChI is InChI=1S/C19H24N4O/c20-23-18(24)21-15-1-2-16-14(6-15)7-17(22-16)19-8-11-3-12(9-19)5-13(4-11)10-19/h1-2,6-7,11-13,22H,3-5,8-10,20H2,(H2,21,23,24). The van der Waals surface area contributed by atoms with Crippen LogP contribution < -0.4 is 16.6 Å². The molecule has 4 aliphatic carbocycles. The van der Waals surface area contributed by atoms with Gasteiger partial charge in [0.1, 0.15) is 0 Å². The number of nitrogens with one attached hydrogen (secondary N) is 3. The molecule has 6 rings (SSSR count). The molecule has 0 atom stereocenters. The fourth-order valence-electron chi connectivity index (χ4n) is 6.10. The van der Waals surface area contributed by atoms with Gasteiger partial charge < -0.3 is 10.3 Å². The van der Waals surface area contributed by atoms with Crippen molar-refractivity contribution in [3.63, 3.8) is 0 Å². The molecule has 24 heavy (non-hydrogen) atoms. The fraction of sp³-hybridized carbons (Fsp3) is 0.526. The van der Waals surface area contributed by atoms with Crippen LogP contribution in [0.15, 0.2) is 24.3 Å². The second-order valence-corrected chi connectivity index (χ2v) is 8.28. The molecule has 4 saturated carbocycles. The minimum atomic E-state index is -0.397. The molecule has 0 spiro atoms. The van der Waals surface area contributed by atoms with Crippen molar-refractivity contribution in [3.8, 4) is 0 Å². The molecule has 5 N–H and O–H groups in total. The summed E-state index contributed by atoms with van der Waals surface area (Å²) in [5.74, 6) is 7.95. The van der Waals surface area contributed by atoms with Crippen molar-refractivity contribution in [1.82, 2.24) is 10.4 Å². The number of hydrazine groups is 1. The van der Waals surface area contributed by atoms with Gasteiger partial charge in [-0.2, -0.15) is 0 Å². The molecule has 5 nitrogen and oxygen atoms in total. The van der Waals surface area contributed by atoms with Gasteiger partial charge in [0.05, 0.1) is 0 Å². The SMILES string of the molecule is NNC(=O)Nc1ccc2[nH]c(C34CC5CC(CC(C5)C3)C4)cc2c1. The normalized spacial score (nSPS) is 33.8. The zero-order valence-corrected chi connectivity index (χ0v) is 13.8. The average Bonchev–Trinajstić information content (AvgIpc) is 2.97. The predicted molar refractivity (Wildman–Crippen MR) is 94.5 cm³/mol. The maximum atomic E-state index is 11.4. The molecule has 0 aliphatic heterocycles. The number of carbonyl (C=O) groups is 1. The number of amides is 2. The first-order valence-electron chi connectivity index (χ1n) is 9.04. The second-order valence-electron chi connectivity index (χ2n) is 8.28. The summed E-state index contributed by atoms with van der Waals surface area (Å²) in [5.41, 5.74) is 5.80. The highest BCUT2D eigenvalue weighted by atomic mass is 16.2. The molecule has 1 aromatic heterocycles. The molecule has 2 aromatic rings. The Hall–Kier alpha value is -2.01. The lowest BCUT2D eigenvalue weighted by atomic mass is 9.49. The molecule has 0 radical (unpaired) electrons. The highest BCUT2D eigenvalue weighted by Crippen LogP contribution is 2.60. The Morgan fingerprint density at radius 2 is 1.75 bits per heavy atom. The van der Waals surface area contributed by atoms with E-state index < -0.39 is 6.03 Å². The van der Waals surface area contributed by atoms with Crippen molar-refractivity contribution in [3.05, 3.63) is 30.0 Å². The van der Waals surface area contributed by atoms with Crippen molar-refractivity contribution in [2.24, 2.45) is 23.6 Å². The molecular formula is C19H24N4O. The van der Waals surface area contributed by atoms with E-state index in [1.54, 1.807) is 0 Å². The Labute approximate surface area is 141 Å². The van der Waals surface area contributed by atoms with E-state index in [1.165, 1.54) is 44.2 Å². The van der Waals surface area contributed by atoms with E-state index in [9.17, 15) is 4.79 Å². The Balaban J connectivity index is 1.50. The van der Waals surface area contributed by atoms with Gasteiger partial charge in [0, 0.05) is 27.7 Å². The van der Waals surface area contributed by atoms with Crippen LogP contribution in [-0.2, 0) is 5.41 Å².